The van der Waals surface area contributed by atoms with Gasteiger partial charge < -0.3 is 5.10 Å². The molecule has 19 heavy (non-hydrogen) atoms. The van der Waals surface area contributed by atoms with Crippen LogP contribution < -0.4 is 5.56 Å². The number of H-pyrrole nitrogens is 2. The molecular weight excluding hydrogens is 283 g/mol. The fourth-order valence-corrected chi connectivity index (χ4v) is 2.64. The van der Waals surface area contributed by atoms with Crippen LogP contribution >= 0.6 is 23.2 Å². The van der Waals surface area contributed by atoms with Crippen LogP contribution in [0, 0.1) is 0 Å². The largest absolute Gasteiger partial charge is 0.302 e. The highest BCUT2D eigenvalue weighted by molar-refractivity contribution is 6.35. The van der Waals surface area contributed by atoms with Crippen molar-refractivity contribution in [3.05, 3.63) is 55.4 Å². The Morgan fingerprint density at radius 3 is 2.58 bits per heavy atom. The summed E-state index contributed by atoms with van der Waals surface area (Å²) < 4.78 is 0. The number of rotatable bonds is 5. The minimum atomic E-state index is -0.0338. The highest BCUT2D eigenvalue weighted by atomic mass is 35.5. The van der Waals surface area contributed by atoms with Gasteiger partial charge in [0.05, 0.1) is 0 Å². The summed E-state index contributed by atoms with van der Waals surface area (Å²) in [6.45, 7) is 2.09. The van der Waals surface area contributed by atoms with Crippen molar-refractivity contribution in [2.45, 2.75) is 32.6 Å². The molecule has 1 aromatic heterocycles. The van der Waals surface area contributed by atoms with Crippen molar-refractivity contribution < 1.29 is 0 Å². The van der Waals surface area contributed by atoms with Crippen LogP contribution in [0.5, 0.6) is 0 Å². The van der Waals surface area contributed by atoms with E-state index in [0.29, 0.717) is 16.5 Å². The number of nitrogens with one attached hydrogen (secondary N) is 2. The average Bonchev–Trinajstić information content (AvgIpc) is 2.70. The zero-order valence-electron chi connectivity index (χ0n) is 10.7. The minimum Gasteiger partial charge on any atom is -0.302 e. The summed E-state index contributed by atoms with van der Waals surface area (Å²) in [6.07, 6.45) is 3.29. The van der Waals surface area contributed by atoms with E-state index in [0.717, 1.165) is 36.1 Å². The van der Waals surface area contributed by atoms with E-state index in [1.807, 2.05) is 12.1 Å². The van der Waals surface area contributed by atoms with Gasteiger partial charge in [-0.2, -0.15) is 0 Å². The van der Waals surface area contributed by atoms with Gasteiger partial charge in [-0.3, -0.25) is 9.89 Å². The van der Waals surface area contributed by atoms with Gasteiger partial charge in [0.2, 0.25) is 0 Å². The Kier molecular flexibility index (Phi) is 4.72. The first-order valence-corrected chi connectivity index (χ1v) is 7.09. The lowest BCUT2D eigenvalue weighted by atomic mass is 10.0. The molecule has 0 aliphatic carbocycles. The summed E-state index contributed by atoms with van der Waals surface area (Å²) in [5.41, 5.74) is 2.80. The molecule has 0 radical (unpaired) electrons. The number of hydrogen-bond donors (Lipinski definition) is 2. The lowest BCUT2D eigenvalue weighted by Crippen LogP contribution is -2.08. The number of aromatic amines is 2. The topological polar surface area (TPSA) is 48.6 Å². The van der Waals surface area contributed by atoms with Crippen LogP contribution in [0.4, 0.5) is 0 Å². The smallest absolute Gasteiger partial charge is 0.267 e. The van der Waals surface area contributed by atoms with Crippen LogP contribution in [0.25, 0.3) is 0 Å². The summed E-state index contributed by atoms with van der Waals surface area (Å²) in [7, 11) is 0. The van der Waals surface area contributed by atoms with Gasteiger partial charge in [0, 0.05) is 21.3 Å². The van der Waals surface area contributed by atoms with Crippen LogP contribution in [-0.2, 0) is 19.3 Å². The predicted octanol–water partition coefficient (Wildman–Crippen LogP) is 3.75. The maximum atomic E-state index is 11.7. The third-order valence-electron chi connectivity index (χ3n) is 3.12. The maximum Gasteiger partial charge on any atom is 0.267 e. The second-order valence-corrected chi connectivity index (χ2v) is 5.37. The molecule has 0 fully saturated rings. The third-order valence-corrected chi connectivity index (χ3v) is 3.71. The quantitative estimate of drug-likeness (QED) is 0.868. The van der Waals surface area contributed by atoms with E-state index in [1.165, 1.54) is 0 Å². The molecule has 1 aromatic carbocycles. The van der Waals surface area contributed by atoms with Crippen LogP contribution in [-0.4, -0.2) is 10.2 Å². The van der Waals surface area contributed by atoms with Crippen molar-refractivity contribution >= 4 is 23.2 Å². The second-order valence-electron chi connectivity index (χ2n) is 4.52. The summed E-state index contributed by atoms with van der Waals surface area (Å²) >= 11 is 12.0. The molecule has 0 amide bonds. The third kappa shape index (κ3) is 3.43. The molecule has 5 heteroatoms. The fourth-order valence-electron chi connectivity index (χ4n) is 2.13. The van der Waals surface area contributed by atoms with Gasteiger partial charge in [-0.1, -0.05) is 42.6 Å². The zero-order chi connectivity index (χ0) is 13.8. The lowest BCUT2D eigenvalue weighted by molar-refractivity contribution is 0.842. The van der Waals surface area contributed by atoms with E-state index < -0.39 is 0 Å². The van der Waals surface area contributed by atoms with Gasteiger partial charge >= 0.3 is 0 Å². The molecule has 0 spiro atoms. The number of aryl methyl sites for hydroxylation is 2. The highest BCUT2D eigenvalue weighted by Crippen LogP contribution is 2.22. The van der Waals surface area contributed by atoms with Crippen molar-refractivity contribution in [3.63, 3.8) is 0 Å². The SMILES string of the molecule is CCCc1[nH][nH]c(=O)c1CCc1ccc(Cl)cc1Cl. The summed E-state index contributed by atoms with van der Waals surface area (Å²) in [6, 6.07) is 5.45. The van der Waals surface area contributed by atoms with E-state index in [2.05, 4.69) is 17.1 Å². The van der Waals surface area contributed by atoms with E-state index in [-0.39, 0.29) is 5.56 Å². The van der Waals surface area contributed by atoms with Crippen molar-refractivity contribution in [2.24, 2.45) is 0 Å². The first-order valence-electron chi connectivity index (χ1n) is 6.34. The molecule has 3 nitrogen and oxygen atoms in total. The van der Waals surface area contributed by atoms with E-state index in [1.54, 1.807) is 6.07 Å². The van der Waals surface area contributed by atoms with Crippen LogP contribution in [0.2, 0.25) is 10.0 Å². The average molecular weight is 299 g/mol. The molecule has 2 N–H and O–H groups in total. The molecule has 0 bridgehead atoms. The van der Waals surface area contributed by atoms with Gasteiger partial charge in [-0.25, -0.2) is 0 Å². The van der Waals surface area contributed by atoms with Crippen LogP contribution in [0.15, 0.2) is 23.0 Å². The number of halogens is 2. The van der Waals surface area contributed by atoms with E-state index >= 15 is 0 Å². The molecule has 0 saturated carbocycles. The molecule has 102 valence electrons. The number of aromatic nitrogens is 2. The zero-order valence-corrected chi connectivity index (χ0v) is 12.2. The van der Waals surface area contributed by atoms with Crippen LogP contribution in [0.3, 0.4) is 0 Å². The lowest BCUT2D eigenvalue weighted by Gasteiger charge is -2.05. The molecule has 0 aliphatic heterocycles. The monoisotopic (exact) mass is 298 g/mol. The number of benzene rings is 1. The minimum absolute atomic E-state index is 0.0338. The Morgan fingerprint density at radius 1 is 1.11 bits per heavy atom. The fraction of sp³-hybridized carbons (Fsp3) is 0.357. The van der Waals surface area contributed by atoms with E-state index in [9.17, 15) is 4.79 Å². The Bertz CT molecular complexity index is 616. The molecule has 0 unspecified atom stereocenters. The Balaban J connectivity index is 2.14. The summed E-state index contributed by atoms with van der Waals surface area (Å²) in [5, 5.41) is 6.87. The molecule has 0 saturated heterocycles. The molecule has 1 heterocycles. The first kappa shape index (κ1) is 14.2. The summed E-state index contributed by atoms with van der Waals surface area (Å²) in [4.78, 5) is 11.7. The molecule has 2 aromatic rings. The first-order chi connectivity index (χ1) is 9.11. The normalized spacial score (nSPS) is 10.9. The standard InChI is InChI=1S/C14H16Cl2N2O/c1-2-3-13-11(14(19)18-17-13)7-5-9-4-6-10(15)8-12(9)16/h4,6,8H,2-3,5,7H2,1H3,(H2,17,18,19). The van der Waals surface area contributed by atoms with Crippen molar-refractivity contribution in [3.8, 4) is 0 Å². The number of hydrogen-bond acceptors (Lipinski definition) is 1. The van der Waals surface area contributed by atoms with Crippen molar-refractivity contribution in [2.75, 3.05) is 0 Å². The van der Waals surface area contributed by atoms with Gasteiger partial charge in [-0.15, -0.1) is 0 Å². The van der Waals surface area contributed by atoms with Crippen LogP contribution in [0.1, 0.15) is 30.2 Å². The second kappa shape index (κ2) is 6.31. The Hall–Kier alpha value is -1.19. The molecular formula is C14H16Cl2N2O. The Labute approximate surface area is 121 Å². The maximum absolute atomic E-state index is 11.7. The molecule has 0 aliphatic rings. The molecule has 2 rings (SSSR count). The van der Waals surface area contributed by atoms with Crippen molar-refractivity contribution in [1.82, 2.24) is 10.2 Å². The van der Waals surface area contributed by atoms with Crippen molar-refractivity contribution in [1.29, 1.82) is 0 Å². The molecule has 0 atom stereocenters. The summed E-state index contributed by atoms with van der Waals surface area (Å²) in [5.74, 6) is 0. The Morgan fingerprint density at radius 2 is 1.89 bits per heavy atom. The van der Waals surface area contributed by atoms with Gasteiger partial charge in [0.15, 0.2) is 0 Å². The van der Waals surface area contributed by atoms with Gasteiger partial charge in [-0.05, 0) is 37.0 Å². The van der Waals surface area contributed by atoms with Gasteiger partial charge in [0.1, 0.15) is 0 Å². The van der Waals surface area contributed by atoms with Gasteiger partial charge in [0.25, 0.3) is 5.56 Å². The highest BCUT2D eigenvalue weighted by Gasteiger charge is 2.10. The van der Waals surface area contributed by atoms with E-state index in [4.69, 9.17) is 23.2 Å². The predicted molar refractivity (Wildman–Crippen MR) is 79.3 cm³/mol.